The van der Waals surface area contributed by atoms with E-state index in [1.165, 1.54) is 11.1 Å². The van der Waals surface area contributed by atoms with E-state index >= 15 is 0 Å². The second-order valence-corrected chi connectivity index (χ2v) is 8.63. The van der Waals surface area contributed by atoms with Crippen LogP contribution in [0.15, 0.2) is 60.7 Å². The minimum atomic E-state index is -0.192. The molecule has 0 radical (unpaired) electrons. The molecule has 32 heavy (non-hydrogen) atoms. The summed E-state index contributed by atoms with van der Waals surface area (Å²) < 4.78 is 1.81. The van der Waals surface area contributed by atoms with Gasteiger partial charge in [0.2, 0.25) is 5.91 Å². The largest absolute Gasteiger partial charge is 0.322 e. The highest BCUT2D eigenvalue weighted by Crippen LogP contribution is 2.29. The number of nitrogens with zero attached hydrogens (tertiary/aromatic N) is 4. The summed E-state index contributed by atoms with van der Waals surface area (Å²) in [7, 11) is 1.90. The van der Waals surface area contributed by atoms with Crippen molar-refractivity contribution in [3.8, 4) is 0 Å². The van der Waals surface area contributed by atoms with Crippen molar-refractivity contribution in [2.24, 2.45) is 7.05 Å². The third kappa shape index (κ3) is 4.61. The fraction of sp³-hybridized carbons (Fsp3) is 0.385. The number of carbonyl (C=O) groups excluding carboxylic acids is 1. The van der Waals surface area contributed by atoms with E-state index in [0.717, 1.165) is 43.3 Å². The molecular weight excluding hydrogens is 398 g/mol. The van der Waals surface area contributed by atoms with Crippen LogP contribution in [0.5, 0.6) is 0 Å². The fourth-order valence-electron chi connectivity index (χ4n) is 4.62. The summed E-state index contributed by atoms with van der Waals surface area (Å²) in [6, 6.07) is 21.4. The maximum Gasteiger partial charge on any atom is 0.241 e. The molecule has 1 amide bonds. The van der Waals surface area contributed by atoms with E-state index in [-0.39, 0.29) is 18.0 Å². The highest BCUT2D eigenvalue weighted by molar-refractivity contribution is 5.95. The summed E-state index contributed by atoms with van der Waals surface area (Å²) in [6.45, 7) is 9.45. The molecule has 1 saturated heterocycles. The van der Waals surface area contributed by atoms with Gasteiger partial charge in [0, 0.05) is 33.2 Å². The third-order valence-corrected chi connectivity index (χ3v) is 6.63. The molecule has 0 bridgehead atoms. The average molecular weight is 432 g/mol. The number of aromatic nitrogens is 2. The van der Waals surface area contributed by atoms with Crippen LogP contribution in [0.25, 0.3) is 0 Å². The molecule has 0 unspecified atom stereocenters. The molecular formula is C26H33N5O. The molecule has 1 aromatic heterocycles. The lowest BCUT2D eigenvalue weighted by Gasteiger charge is -2.41. The molecule has 6 nitrogen and oxygen atoms in total. The van der Waals surface area contributed by atoms with Crippen molar-refractivity contribution in [3.63, 3.8) is 0 Å². The summed E-state index contributed by atoms with van der Waals surface area (Å²) >= 11 is 0. The zero-order valence-corrected chi connectivity index (χ0v) is 19.5. The van der Waals surface area contributed by atoms with Crippen molar-refractivity contribution in [2.45, 2.75) is 32.9 Å². The van der Waals surface area contributed by atoms with Gasteiger partial charge in [-0.15, -0.1) is 0 Å². The van der Waals surface area contributed by atoms with Gasteiger partial charge in [-0.1, -0.05) is 60.7 Å². The lowest BCUT2D eigenvalue weighted by atomic mass is 9.96. The quantitative estimate of drug-likeness (QED) is 0.646. The number of nitrogens with one attached hydrogen (secondary N) is 1. The topological polar surface area (TPSA) is 53.4 Å². The molecule has 1 fully saturated rings. The molecule has 1 aliphatic heterocycles. The summed E-state index contributed by atoms with van der Waals surface area (Å²) in [5, 5.41) is 7.51. The number of carbonyl (C=O) groups is 1. The minimum absolute atomic E-state index is 0.0281. The second-order valence-electron chi connectivity index (χ2n) is 8.63. The van der Waals surface area contributed by atoms with Gasteiger partial charge in [0.05, 0.1) is 29.2 Å². The first-order valence-electron chi connectivity index (χ1n) is 11.3. The number of aryl methyl sites for hydroxylation is 2. The van der Waals surface area contributed by atoms with Crippen molar-refractivity contribution in [2.75, 3.05) is 31.5 Å². The normalized spacial score (nSPS) is 16.3. The van der Waals surface area contributed by atoms with Crippen molar-refractivity contribution in [1.82, 2.24) is 19.6 Å². The Hall–Kier alpha value is -2.96. The van der Waals surface area contributed by atoms with Crippen LogP contribution >= 0.6 is 0 Å². The number of hydrogen-bond acceptors (Lipinski definition) is 4. The highest BCUT2D eigenvalue weighted by Gasteiger charge is 2.30. The van der Waals surface area contributed by atoms with Crippen LogP contribution in [0, 0.1) is 13.8 Å². The number of anilines is 1. The molecule has 1 aliphatic rings. The Kier molecular flexibility index (Phi) is 6.72. The zero-order valence-electron chi connectivity index (χ0n) is 19.5. The van der Waals surface area contributed by atoms with Crippen LogP contribution in [0.4, 0.5) is 5.69 Å². The van der Waals surface area contributed by atoms with Gasteiger partial charge in [0.15, 0.2) is 0 Å². The van der Waals surface area contributed by atoms with Crippen LogP contribution in [-0.4, -0.2) is 57.7 Å². The maximum atomic E-state index is 13.0. The first-order chi connectivity index (χ1) is 15.5. The summed E-state index contributed by atoms with van der Waals surface area (Å²) in [5.74, 6) is 0.0281. The van der Waals surface area contributed by atoms with E-state index < -0.39 is 0 Å². The van der Waals surface area contributed by atoms with E-state index in [0.29, 0.717) is 0 Å². The zero-order chi connectivity index (χ0) is 22.7. The van der Waals surface area contributed by atoms with E-state index in [1.54, 1.807) is 0 Å². The van der Waals surface area contributed by atoms with Gasteiger partial charge < -0.3 is 5.32 Å². The van der Waals surface area contributed by atoms with Gasteiger partial charge in [-0.2, -0.15) is 5.10 Å². The Labute approximate surface area is 190 Å². The van der Waals surface area contributed by atoms with Crippen molar-refractivity contribution in [3.05, 3.63) is 83.2 Å². The first kappa shape index (κ1) is 22.2. The lowest BCUT2D eigenvalue weighted by Crippen LogP contribution is -2.53. The Morgan fingerprint density at radius 2 is 1.38 bits per heavy atom. The van der Waals surface area contributed by atoms with Crippen LogP contribution in [0.2, 0.25) is 0 Å². The van der Waals surface area contributed by atoms with Gasteiger partial charge in [0.1, 0.15) is 0 Å². The second kappa shape index (κ2) is 9.67. The summed E-state index contributed by atoms with van der Waals surface area (Å²) in [4.78, 5) is 17.8. The van der Waals surface area contributed by atoms with Crippen LogP contribution < -0.4 is 5.32 Å². The summed E-state index contributed by atoms with van der Waals surface area (Å²) in [6.07, 6.45) is 0. The minimum Gasteiger partial charge on any atom is -0.322 e. The molecule has 3 aromatic rings. The molecule has 1 N–H and O–H groups in total. The predicted molar refractivity (Wildman–Crippen MR) is 129 cm³/mol. The molecule has 0 spiro atoms. The van der Waals surface area contributed by atoms with E-state index in [1.807, 2.05) is 32.5 Å². The Morgan fingerprint density at radius 3 is 1.84 bits per heavy atom. The Morgan fingerprint density at radius 1 is 0.875 bits per heavy atom. The smallest absolute Gasteiger partial charge is 0.241 e. The molecule has 4 rings (SSSR count). The molecule has 0 saturated carbocycles. The van der Waals surface area contributed by atoms with Gasteiger partial charge >= 0.3 is 0 Å². The Bertz CT molecular complexity index is 999. The maximum absolute atomic E-state index is 13.0. The van der Waals surface area contributed by atoms with Crippen LogP contribution in [0.1, 0.15) is 35.5 Å². The molecule has 1 atom stereocenters. The molecule has 2 aromatic carbocycles. The van der Waals surface area contributed by atoms with Gasteiger partial charge in [0.25, 0.3) is 0 Å². The van der Waals surface area contributed by atoms with Gasteiger partial charge in [-0.05, 0) is 31.9 Å². The first-order valence-corrected chi connectivity index (χ1v) is 11.3. The molecule has 0 aliphatic carbocycles. The van der Waals surface area contributed by atoms with Crippen molar-refractivity contribution in [1.29, 1.82) is 0 Å². The average Bonchev–Trinajstić information content (AvgIpc) is 3.06. The van der Waals surface area contributed by atoms with E-state index in [9.17, 15) is 4.79 Å². The van der Waals surface area contributed by atoms with Crippen molar-refractivity contribution < 1.29 is 4.79 Å². The summed E-state index contributed by atoms with van der Waals surface area (Å²) in [5.41, 5.74) is 5.27. The van der Waals surface area contributed by atoms with Crippen LogP contribution in [0.3, 0.4) is 0 Å². The van der Waals surface area contributed by atoms with Crippen molar-refractivity contribution >= 4 is 11.6 Å². The number of amides is 1. The number of benzene rings is 2. The highest BCUT2D eigenvalue weighted by atomic mass is 16.2. The van der Waals surface area contributed by atoms with Gasteiger partial charge in [-0.3, -0.25) is 19.3 Å². The Balaban J connectivity index is 1.43. The van der Waals surface area contributed by atoms with E-state index in [4.69, 9.17) is 0 Å². The van der Waals surface area contributed by atoms with Gasteiger partial charge in [-0.25, -0.2) is 0 Å². The lowest BCUT2D eigenvalue weighted by molar-refractivity contribution is -0.121. The third-order valence-electron chi connectivity index (χ3n) is 6.63. The predicted octanol–water partition coefficient (Wildman–Crippen LogP) is 3.77. The monoisotopic (exact) mass is 431 g/mol. The number of rotatable bonds is 6. The molecule has 168 valence electrons. The fourth-order valence-corrected chi connectivity index (χ4v) is 4.62. The standard InChI is InChI=1S/C26H33N5O/c1-19-24(20(2)29(4)28-19)27-26(32)21(3)30-15-17-31(18-16-30)25(22-11-7-5-8-12-22)23-13-9-6-10-14-23/h5-14,21,25H,15-18H2,1-4H3,(H,27,32)/t21-/m1/s1. The number of piperazine rings is 1. The van der Waals surface area contributed by atoms with Crippen LogP contribution in [-0.2, 0) is 11.8 Å². The number of hydrogen-bond donors (Lipinski definition) is 1. The molecule has 2 heterocycles. The SMILES string of the molecule is Cc1nn(C)c(C)c1NC(=O)[C@@H](C)N1CCN(C(c2ccccc2)c2ccccc2)CC1. The molecule has 6 heteroatoms. The van der Waals surface area contributed by atoms with E-state index in [2.05, 4.69) is 80.9 Å².